The summed E-state index contributed by atoms with van der Waals surface area (Å²) in [4.78, 5) is 14.8. The topological polar surface area (TPSA) is 45.5 Å². The van der Waals surface area contributed by atoms with E-state index in [1.807, 2.05) is 35.2 Å². The minimum Gasteiger partial charge on any atom is -0.451 e. The van der Waals surface area contributed by atoms with E-state index in [0.29, 0.717) is 11.8 Å². The molecule has 2 unspecified atom stereocenters. The van der Waals surface area contributed by atoms with Gasteiger partial charge in [0.2, 0.25) is 0 Å². The molecule has 21 heavy (non-hydrogen) atoms. The van der Waals surface area contributed by atoms with Crippen LogP contribution in [-0.2, 0) is 0 Å². The highest BCUT2D eigenvalue weighted by Gasteiger charge is 2.31. The van der Waals surface area contributed by atoms with Gasteiger partial charge in [0, 0.05) is 30.6 Å². The van der Waals surface area contributed by atoms with Crippen molar-refractivity contribution in [2.75, 3.05) is 13.1 Å². The molecular formula is C17H22N2O2. The molecule has 1 aromatic carbocycles. The van der Waals surface area contributed by atoms with Crippen molar-refractivity contribution < 1.29 is 9.21 Å². The molecule has 1 aliphatic rings. The fraction of sp³-hybridized carbons (Fsp3) is 0.471. The highest BCUT2D eigenvalue weighted by molar-refractivity contribution is 5.96. The predicted octanol–water partition coefficient (Wildman–Crippen LogP) is 3.04. The molecule has 0 bridgehead atoms. The quantitative estimate of drug-likeness (QED) is 0.943. The summed E-state index contributed by atoms with van der Waals surface area (Å²) in [5.74, 6) is 0.462. The number of benzene rings is 1. The van der Waals surface area contributed by atoms with E-state index in [0.717, 1.165) is 36.9 Å². The Balaban J connectivity index is 1.87. The summed E-state index contributed by atoms with van der Waals surface area (Å²) in [5.41, 5.74) is 0.774. The summed E-state index contributed by atoms with van der Waals surface area (Å²) < 4.78 is 5.73. The number of rotatable bonds is 3. The zero-order chi connectivity index (χ0) is 14.8. The lowest BCUT2D eigenvalue weighted by Crippen LogP contribution is -2.57. The van der Waals surface area contributed by atoms with Crippen LogP contribution in [0.5, 0.6) is 0 Å². The molecule has 1 amide bonds. The Hall–Kier alpha value is -1.81. The molecule has 1 saturated heterocycles. The van der Waals surface area contributed by atoms with Crippen molar-refractivity contribution in [2.24, 2.45) is 0 Å². The van der Waals surface area contributed by atoms with Crippen LogP contribution < -0.4 is 5.32 Å². The van der Waals surface area contributed by atoms with Crippen molar-refractivity contribution >= 4 is 16.9 Å². The summed E-state index contributed by atoms with van der Waals surface area (Å²) in [7, 11) is 0. The summed E-state index contributed by atoms with van der Waals surface area (Å²) in [5, 5.41) is 4.49. The number of hydrogen-bond acceptors (Lipinski definition) is 3. The summed E-state index contributed by atoms with van der Waals surface area (Å²) in [6.45, 7) is 5.89. The smallest absolute Gasteiger partial charge is 0.289 e. The van der Waals surface area contributed by atoms with Gasteiger partial charge < -0.3 is 14.6 Å². The SMILES string of the molecule is CCC1CN(C(=O)c2cc3ccccc3o2)C(CC)CN1. The highest BCUT2D eigenvalue weighted by Crippen LogP contribution is 2.22. The number of piperazine rings is 1. The molecule has 4 nitrogen and oxygen atoms in total. The van der Waals surface area contributed by atoms with Crippen LogP contribution in [0.3, 0.4) is 0 Å². The largest absolute Gasteiger partial charge is 0.451 e. The first-order chi connectivity index (χ1) is 10.2. The van der Waals surface area contributed by atoms with Gasteiger partial charge in [-0.15, -0.1) is 0 Å². The van der Waals surface area contributed by atoms with E-state index in [2.05, 4.69) is 19.2 Å². The van der Waals surface area contributed by atoms with Gasteiger partial charge in [-0.1, -0.05) is 32.0 Å². The van der Waals surface area contributed by atoms with Crippen LogP contribution in [-0.4, -0.2) is 36.0 Å². The van der Waals surface area contributed by atoms with E-state index in [-0.39, 0.29) is 11.9 Å². The Kier molecular flexibility index (Phi) is 3.97. The van der Waals surface area contributed by atoms with Crippen LogP contribution >= 0.6 is 0 Å². The second-order valence-corrected chi connectivity index (χ2v) is 5.68. The molecule has 112 valence electrons. The molecule has 0 spiro atoms. The van der Waals surface area contributed by atoms with E-state index in [1.54, 1.807) is 0 Å². The predicted molar refractivity (Wildman–Crippen MR) is 83.4 cm³/mol. The maximum absolute atomic E-state index is 12.8. The number of carbonyl (C=O) groups is 1. The molecule has 1 fully saturated rings. The van der Waals surface area contributed by atoms with E-state index in [9.17, 15) is 4.79 Å². The number of carbonyl (C=O) groups excluding carboxylic acids is 1. The van der Waals surface area contributed by atoms with Crippen LogP contribution in [0.15, 0.2) is 34.7 Å². The Bertz CT molecular complexity index is 602. The van der Waals surface area contributed by atoms with Crippen LogP contribution in [0.4, 0.5) is 0 Å². The number of para-hydroxylation sites is 1. The monoisotopic (exact) mass is 286 g/mol. The number of nitrogens with zero attached hydrogens (tertiary/aromatic N) is 1. The third-order valence-electron chi connectivity index (χ3n) is 4.36. The van der Waals surface area contributed by atoms with Gasteiger partial charge in [-0.3, -0.25) is 4.79 Å². The number of hydrogen-bond donors (Lipinski definition) is 1. The second-order valence-electron chi connectivity index (χ2n) is 5.68. The van der Waals surface area contributed by atoms with Gasteiger partial charge in [-0.25, -0.2) is 0 Å². The molecule has 2 atom stereocenters. The third-order valence-corrected chi connectivity index (χ3v) is 4.36. The Morgan fingerprint density at radius 1 is 1.33 bits per heavy atom. The lowest BCUT2D eigenvalue weighted by atomic mass is 10.0. The van der Waals surface area contributed by atoms with Crippen molar-refractivity contribution in [3.8, 4) is 0 Å². The maximum atomic E-state index is 12.8. The Labute approximate surface area is 125 Å². The van der Waals surface area contributed by atoms with Crippen molar-refractivity contribution in [3.05, 3.63) is 36.1 Å². The minimum atomic E-state index is 0.0120. The van der Waals surface area contributed by atoms with Gasteiger partial charge in [-0.2, -0.15) is 0 Å². The van der Waals surface area contributed by atoms with Gasteiger partial charge in [0.15, 0.2) is 5.76 Å². The van der Waals surface area contributed by atoms with E-state index < -0.39 is 0 Å². The molecule has 0 aliphatic carbocycles. The van der Waals surface area contributed by atoms with Gasteiger partial charge in [0.05, 0.1) is 0 Å². The zero-order valence-corrected chi connectivity index (χ0v) is 12.6. The molecular weight excluding hydrogens is 264 g/mol. The molecule has 1 aliphatic heterocycles. The van der Waals surface area contributed by atoms with Crippen LogP contribution in [0.1, 0.15) is 37.2 Å². The fourth-order valence-corrected chi connectivity index (χ4v) is 2.98. The summed E-state index contributed by atoms with van der Waals surface area (Å²) in [6, 6.07) is 10.2. The number of fused-ring (bicyclic) bond motifs is 1. The average molecular weight is 286 g/mol. The number of nitrogens with one attached hydrogen (secondary N) is 1. The second kappa shape index (κ2) is 5.90. The lowest BCUT2D eigenvalue weighted by molar-refractivity contribution is 0.0546. The fourth-order valence-electron chi connectivity index (χ4n) is 2.98. The van der Waals surface area contributed by atoms with Crippen LogP contribution in [0, 0.1) is 0 Å². The molecule has 4 heteroatoms. The Morgan fingerprint density at radius 2 is 2.14 bits per heavy atom. The summed E-state index contributed by atoms with van der Waals surface area (Å²) in [6.07, 6.45) is 1.98. The third kappa shape index (κ3) is 2.68. The van der Waals surface area contributed by atoms with Crippen LogP contribution in [0.25, 0.3) is 11.0 Å². The van der Waals surface area contributed by atoms with Gasteiger partial charge in [-0.05, 0) is 25.0 Å². The number of furan rings is 1. The molecule has 0 radical (unpaired) electrons. The molecule has 2 aromatic rings. The molecule has 1 N–H and O–H groups in total. The van der Waals surface area contributed by atoms with Crippen molar-refractivity contribution in [2.45, 2.75) is 38.8 Å². The van der Waals surface area contributed by atoms with Gasteiger partial charge in [0.25, 0.3) is 5.91 Å². The molecule has 2 heterocycles. The first-order valence-electron chi connectivity index (χ1n) is 7.75. The first-order valence-corrected chi connectivity index (χ1v) is 7.75. The average Bonchev–Trinajstić information content (AvgIpc) is 2.97. The van der Waals surface area contributed by atoms with Crippen molar-refractivity contribution in [3.63, 3.8) is 0 Å². The number of amides is 1. The van der Waals surface area contributed by atoms with Gasteiger partial charge >= 0.3 is 0 Å². The van der Waals surface area contributed by atoms with E-state index >= 15 is 0 Å². The van der Waals surface area contributed by atoms with Crippen molar-refractivity contribution in [1.82, 2.24) is 10.2 Å². The summed E-state index contributed by atoms with van der Waals surface area (Å²) >= 11 is 0. The standard InChI is InChI=1S/C17H22N2O2/c1-3-13-11-19(14(4-2)10-18-13)17(20)16-9-12-7-5-6-8-15(12)21-16/h5-9,13-14,18H,3-4,10-11H2,1-2H3. The Morgan fingerprint density at radius 3 is 2.86 bits per heavy atom. The molecule has 3 rings (SSSR count). The zero-order valence-electron chi connectivity index (χ0n) is 12.6. The highest BCUT2D eigenvalue weighted by atomic mass is 16.3. The van der Waals surface area contributed by atoms with Gasteiger partial charge in [0.1, 0.15) is 5.58 Å². The first kappa shape index (κ1) is 14.1. The van der Waals surface area contributed by atoms with Crippen LogP contribution in [0.2, 0.25) is 0 Å². The lowest BCUT2D eigenvalue weighted by Gasteiger charge is -2.39. The van der Waals surface area contributed by atoms with E-state index in [4.69, 9.17) is 4.42 Å². The van der Waals surface area contributed by atoms with Crippen molar-refractivity contribution in [1.29, 1.82) is 0 Å². The molecule has 0 saturated carbocycles. The maximum Gasteiger partial charge on any atom is 0.289 e. The normalized spacial score (nSPS) is 22.7. The van der Waals surface area contributed by atoms with E-state index in [1.165, 1.54) is 0 Å². The minimum absolute atomic E-state index is 0.0120. The molecule has 1 aromatic heterocycles.